The Hall–Kier alpha value is -2.85. The first kappa shape index (κ1) is 19.9. The van der Waals surface area contributed by atoms with Crippen LogP contribution in [0, 0.1) is 10.1 Å². The van der Waals surface area contributed by atoms with Crippen molar-refractivity contribution >= 4 is 21.4 Å². The van der Waals surface area contributed by atoms with E-state index in [9.17, 15) is 18.5 Å². The van der Waals surface area contributed by atoms with Crippen LogP contribution < -0.4 is 14.4 Å². The Kier molecular flexibility index (Phi) is 5.71. The predicted molar refractivity (Wildman–Crippen MR) is 104 cm³/mol. The van der Waals surface area contributed by atoms with Crippen molar-refractivity contribution < 1.29 is 22.8 Å². The fraction of sp³-hybridized carbons (Fsp3) is 0.333. The molecule has 0 radical (unpaired) electrons. The third-order valence-corrected chi connectivity index (χ3v) is 6.54. The molecule has 0 spiro atoms. The molecule has 1 aliphatic rings. The molecule has 0 aromatic heterocycles. The zero-order valence-electron chi connectivity index (χ0n) is 15.6. The molecule has 0 amide bonds. The Labute approximate surface area is 163 Å². The summed E-state index contributed by atoms with van der Waals surface area (Å²) in [5.41, 5.74) is 0.526. The maximum absolute atomic E-state index is 12.9. The van der Waals surface area contributed by atoms with Crippen molar-refractivity contribution in [1.82, 2.24) is 4.31 Å². The molecular weight excluding hydrogens is 386 g/mol. The average Bonchev–Trinajstić information content (AvgIpc) is 2.73. The molecule has 0 aliphatic carbocycles. The van der Waals surface area contributed by atoms with Gasteiger partial charge in [0.25, 0.3) is 0 Å². The van der Waals surface area contributed by atoms with Gasteiger partial charge < -0.3 is 14.4 Å². The SMILES string of the molecule is COc1ccccc1N1CCN(S(=O)(=O)c2ccc(OC)c([N+](=O)[O-])c2)CC1. The van der Waals surface area contributed by atoms with Crippen LogP contribution in [0.5, 0.6) is 11.5 Å². The summed E-state index contributed by atoms with van der Waals surface area (Å²) in [4.78, 5) is 12.5. The summed E-state index contributed by atoms with van der Waals surface area (Å²) in [6.07, 6.45) is 0. The van der Waals surface area contributed by atoms with E-state index in [1.807, 2.05) is 24.3 Å². The quantitative estimate of drug-likeness (QED) is 0.534. The highest BCUT2D eigenvalue weighted by Crippen LogP contribution is 2.32. The van der Waals surface area contributed by atoms with Crippen molar-refractivity contribution in [2.75, 3.05) is 45.3 Å². The van der Waals surface area contributed by atoms with E-state index in [4.69, 9.17) is 9.47 Å². The molecule has 1 fully saturated rings. The summed E-state index contributed by atoms with van der Waals surface area (Å²) in [5.74, 6) is 0.745. The Bertz CT molecular complexity index is 971. The first-order valence-electron chi connectivity index (χ1n) is 8.59. The number of nitro benzene ring substituents is 1. The van der Waals surface area contributed by atoms with Crippen molar-refractivity contribution in [3.05, 3.63) is 52.6 Å². The number of nitrogens with zero attached hydrogens (tertiary/aromatic N) is 3. The van der Waals surface area contributed by atoms with Crippen LogP contribution in [0.2, 0.25) is 0 Å². The maximum Gasteiger partial charge on any atom is 0.312 e. The molecule has 1 heterocycles. The van der Waals surface area contributed by atoms with Crippen LogP contribution in [0.4, 0.5) is 11.4 Å². The smallest absolute Gasteiger partial charge is 0.312 e. The van der Waals surface area contributed by atoms with E-state index in [2.05, 4.69) is 4.90 Å². The summed E-state index contributed by atoms with van der Waals surface area (Å²) in [6.45, 7) is 1.50. The number of hydrogen-bond donors (Lipinski definition) is 0. The van der Waals surface area contributed by atoms with Gasteiger partial charge in [0.15, 0.2) is 5.75 Å². The second-order valence-electron chi connectivity index (χ2n) is 6.15. The van der Waals surface area contributed by atoms with Crippen molar-refractivity contribution in [2.45, 2.75) is 4.90 Å². The Balaban J connectivity index is 1.80. The van der Waals surface area contributed by atoms with Crippen LogP contribution in [0.15, 0.2) is 47.4 Å². The van der Waals surface area contributed by atoms with Crippen LogP contribution in [-0.4, -0.2) is 58.0 Å². The number of sulfonamides is 1. The lowest BCUT2D eigenvalue weighted by Gasteiger charge is -2.35. The largest absolute Gasteiger partial charge is 0.495 e. The standard InChI is InChI=1S/C18H21N3O6S/c1-26-17-6-4-3-5-15(17)19-9-11-20(12-10-19)28(24,25)14-7-8-18(27-2)16(13-14)21(22)23/h3-8,13H,9-12H2,1-2H3. The minimum atomic E-state index is -3.85. The normalized spacial score (nSPS) is 15.3. The molecule has 0 atom stereocenters. The molecule has 2 aromatic rings. The summed E-state index contributed by atoms with van der Waals surface area (Å²) in [7, 11) is -0.956. The molecule has 10 heteroatoms. The van der Waals surface area contributed by atoms with Crippen LogP contribution in [0.3, 0.4) is 0 Å². The van der Waals surface area contributed by atoms with Gasteiger partial charge in [-0.15, -0.1) is 0 Å². The molecular formula is C18H21N3O6S. The fourth-order valence-electron chi connectivity index (χ4n) is 3.18. The Morgan fingerprint density at radius 2 is 1.61 bits per heavy atom. The molecule has 0 unspecified atom stereocenters. The van der Waals surface area contributed by atoms with Gasteiger partial charge in [0, 0.05) is 32.2 Å². The monoisotopic (exact) mass is 407 g/mol. The molecule has 3 rings (SSSR count). The Morgan fingerprint density at radius 1 is 0.964 bits per heavy atom. The lowest BCUT2D eigenvalue weighted by molar-refractivity contribution is -0.386. The lowest BCUT2D eigenvalue weighted by Crippen LogP contribution is -2.48. The molecule has 28 heavy (non-hydrogen) atoms. The molecule has 2 aromatic carbocycles. The molecule has 150 valence electrons. The third-order valence-electron chi connectivity index (χ3n) is 4.65. The van der Waals surface area contributed by atoms with E-state index in [1.165, 1.54) is 23.5 Å². The van der Waals surface area contributed by atoms with E-state index in [1.54, 1.807) is 7.11 Å². The van der Waals surface area contributed by atoms with Gasteiger partial charge in [-0.05, 0) is 24.3 Å². The minimum Gasteiger partial charge on any atom is -0.495 e. The van der Waals surface area contributed by atoms with Crippen LogP contribution in [-0.2, 0) is 10.0 Å². The van der Waals surface area contributed by atoms with Gasteiger partial charge in [-0.3, -0.25) is 10.1 Å². The Morgan fingerprint density at radius 3 is 2.21 bits per heavy atom. The number of anilines is 1. The van der Waals surface area contributed by atoms with Gasteiger partial charge in [-0.2, -0.15) is 4.31 Å². The number of piperazine rings is 1. The fourth-order valence-corrected chi connectivity index (χ4v) is 4.63. The van der Waals surface area contributed by atoms with Crippen LogP contribution in [0.1, 0.15) is 0 Å². The van der Waals surface area contributed by atoms with Gasteiger partial charge in [-0.25, -0.2) is 8.42 Å². The van der Waals surface area contributed by atoms with Crippen molar-refractivity contribution in [3.63, 3.8) is 0 Å². The first-order valence-corrected chi connectivity index (χ1v) is 10.0. The number of para-hydroxylation sites is 2. The molecule has 0 saturated carbocycles. The highest BCUT2D eigenvalue weighted by Gasteiger charge is 2.31. The second-order valence-corrected chi connectivity index (χ2v) is 8.09. The van der Waals surface area contributed by atoms with Gasteiger partial charge in [0.2, 0.25) is 10.0 Å². The molecule has 1 aliphatic heterocycles. The third kappa shape index (κ3) is 3.73. The van der Waals surface area contributed by atoms with E-state index in [0.29, 0.717) is 13.1 Å². The van der Waals surface area contributed by atoms with Crippen molar-refractivity contribution in [1.29, 1.82) is 0 Å². The molecule has 0 bridgehead atoms. The molecule has 0 N–H and O–H groups in total. The summed E-state index contributed by atoms with van der Waals surface area (Å²) >= 11 is 0. The van der Waals surface area contributed by atoms with Gasteiger partial charge in [-0.1, -0.05) is 12.1 Å². The number of benzene rings is 2. The molecule has 1 saturated heterocycles. The highest BCUT2D eigenvalue weighted by molar-refractivity contribution is 7.89. The van der Waals surface area contributed by atoms with Gasteiger partial charge in [0.05, 0.1) is 29.7 Å². The topological polar surface area (TPSA) is 102 Å². The average molecular weight is 407 g/mol. The zero-order chi connectivity index (χ0) is 20.3. The van der Waals surface area contributed by atoms with E-state index >= 15 is 0 Å². The van der Waals surface area contributed by atoms with E-state index in [-0.39, 0.29) is 29.4 Å². The first-order chi connectivity index (χ1) is 13.4. The number of hydrogen-bond acceptors (Lipinski definition) is 7. The van der Waals surface area contributed by atoms with Crippen LogP contribution >= 0.6 is 0 Å². The lowest BCUT2D eigenvalue weighted by atomic mass is 10.2. The van der Waals surface area contributed by atoms with Crippen molar-refractivity contribution in [3.8, 4) is 11.5 Å². The number of nitro groups is 1. The molecule has 9 nitrogen and oxygen atoms in total. The second kappa shape index (κ2) is 8.03. The summed E-state index contributed by atoms with van der Waals surface area (Å²) in [5, 5.41) is 11.2. The zero-order valence-corrected chi connectivity index (χ0v) is 16.4. The van der Waals surface area contributed by atoms with Crippen molar-refractivity contribution in [2.24, 2.45) is 0 Å². The number of methoxy groups -OCH3 is 2. The number of ether oxygens (including phenoxy) is 2. The predicted octanol–water partition coefficient (Wildman–Crippen LogP) is 2.12. The van der Waals surface area contributed by atoms with E-state index in [0.717, 1.165) is 17.5 Å². The maximum atomic E-state index is 12.9. The highest BCUT2D eigenvalue weighted by atomic mass is 32.2. The van der Waals surface area contributed by atoms with E-state index < -0.39 is 14.9 Å². The number of rotatable bonds is 6. The minimum absolute atomic E-state index is 0.0185. The van der Waals surface area contributed by atoms with Crippen LogP contribution in [0.25, 0.3) is 0 Å². The van der Waals surface area contributed by atoms with Gasteiger partial charge >= 0.3 is 5.69 Å². The summed E-state index contributed by atoms with van der Waals surface area (Å²) in [6, 6.07) is 11.2. The summed E-state index contributed by atoms with van der Waals surface area (Å²) < 4.78 is 37.5. The van der Waals surface area contributed by atoms with Gasteiger partial charge in [0.1, 0.15) is 5.75 Å².